The quantitative estimate of drug-likeness (QED) is 0.783. The van der Waals surface area contributed by atoms with E-state index in [4.69, 9.17) is 20.9 Å². The summed E-state index contributed by atoms with van der Waals surface area (Å²) in [6, 6.07) is 5.56. The Bertz CT molecular complexity index is 856. The Hall–Kier alpha value is -1.79. The van der Waals surface area contributed by atoms with E-state index in [2.05, 4.69) is 15.0 Å². The Labute approximate surface area is 169 Å². The molecule has 0 N–H and O–H groups in total. The van der Waals surface area contributed by atoms with E-state index in [0.29, 0.717) is 22.8 Å². The lowest BCUT2D eigenvalue weighted by atomic mass is 9.91. The molecule has 3 saturated heterocycles. The van der Waals surface area contributed by atoms with Gasteiger partial charge in [-0.15, -0.1) is 0 Å². The van der Waals surface area contributed by atoms with Gasteiger partial charge in [0.15, 0.2) is 11.4 Å². The zero-order valence-electron chi connectivity index (χ0n) is 16.0. The minimum absolute atomic E-state index is 0.122. The van der Waals surface area contributed by atoms with Crippen LogP contribution in [0.2, 0.25) is 5.02 Å². The molecule has 150 valence electrons. The van der Waals surface area contributed by atoms with Crippen LogP contribution in [0.3, 0.4) is 0 Å². The first kappa shape index (κ1) is 18.3. The van der Waals surface area contributed by atoms with E-state index in [-0.39, 0.29) is 5.92 Å². The molecule has 3 fully saturated rings. The SMILES string of the molecule is O=C(C1CCN(c2noc3ccc(Cl)cc23)CC1)N1CCC(C2CCOC2)C1. The number of aromatic nitrogens is 1. The molecule has 2 unspecified atom stereocenters. The summed E-state index contributed by atoms with van der Waals surface area (Å²) >= 11 is 6.14. The molecule has 0 radical (unpaired) electrons. The lowest BCUT2D eigenvalue weighted by molar-refractivity contribution is -0.135. The normalized spacial score (nSPS) is 26.5. The molecule has 7 heteroatoms. The number of fused-ring (bicyclic) bond motifs is 1. The van der Waals surface area contributed by atoms with Gasteiger partial charge in [-0.3, -0.25) is 4.79 Å². The standard InChI is InChI=1S/C21H26ClN3O3/c22-17-1-2-19-18(11-17)20(23-28-19)24-7-3-14(4-8-24)21(26)25-9-5-15(12-25)16-6-10-27-13-16/h1-2,11,14-16H,3-10,12-13H2. The van der Waals surface area contributed by atoms with Crippen molar-refractivity contribution in [2.24, 2.45) is 17.8 Å². The highest BCUT2D eigenvalue weighted by Gasteiger charge is 2.37. The van der Waals surface area contributed by atoms with Gasteiger partial charge in [0.05, 0.1) is 5.39 Å². The Balaban J connectivity index is 1.20. The maximum atomic E-state index is 13.0. The zero-order valence-corrected chi connectivity index (χ0v) is 16.7. The van der Waals surface area contributed by atoms with E-state index in [1.807, 2.05) is 18.2 Å². The fraction of sp³-hybridized carbons (Fsp3) is 0.619. The molecular weight excluding hydrogens is 378 g/mol. The number of hydrogen-bond donors (Lipinski definition) is 0. The van der Waals surface area contributed by atoms with Gasteiger partial charge in [-0.2, -0.15) is 0 Å². The summed E-state index contributed by atoms with van der Waals surface area (Å²) in [5.74, 6) is 2.57. The number of likely N-dealkylation sites (tertiary alicyclic amines) is 1. The molecule has 0 aliphatic carbocycles. The minimum atomic E-state index is 0.122. The highest BCUT2D eigenvalue weighted by molar-refractivity contribution is 6.31. The number of halogens is 1. The number of piperidine rings is 1. The number of carbonyl (C=O) groups excluding carboxylic acids is 1. The maximum absolute atomic E-state index is 13.0. The summed E-state index contributed by atoms with van der Waals surface area (Å²) < 4.78 is 11.0. The Morgan fingerprint density at radius 2 is 1.96 bits per heavy atom. The predicted octanol–water partition coefficient (Wildman–Crippen LogP) is 3.58. The Morgan fingerprint density at radius 1 is 1.11 bits per heavy atom. The Kier molecular flexibility index (Phi) is 4.93. The number of rotatable bonds is 3. The fourth-order valence-electron chi connectivity index (χ4n) is 5.02. The number of nitrogens with zero attached hydrogens (tertiary/aromatic N) is 3. The van der Waals surface area contributed by atoms with Crippen molar-refractivity contribution in [1.29, 1.82) is 0 Å². The van der Waals surface area contributed by atoms with Crippen molar-refractivity contribution >= 4 is 34.3 Å². The van der Waals surface area contributed by atoms with Crippen molar-refractivity contribution in [2.45, 2.75) is 25.7 Å². The molecule has 1 amide bonds. The van der Waals surface area contributed by atoms with Gasteiger partial charge in [0.25, 0.3) is 0 Å². The van der Waals surface area contributed by atoms with Crippen LogP contribution in [-0.2, 0) is 9.53 Å². The smallest absolute Gasteiger partial charge is 0.225 e. The van der Waals surface area contributed by atoms with E-state index < -0.39 is 0 Å². The number of carbonyl (C=O) groups is 1. The fourth-order valence-corrected chi connectivity index (χ4v) is 5.19. The molecule has 28 heavy (non-hydrogen) atoms. The number of ether oxygens (including phenoxy) is 1. The van der Waals surface area contributed by atoms with Crippen molar-refractivity contribution < 1.29 is 14.1 Å². The van der Waals surface area contributed by atoms with Crippen LogP contribution in [0.15, 0.2) is 22.7 Å². The lowest BCUT2D eigenvalue weighted by Gasteiger charge is -2.33. The monoisotopic (exact) mass is 403 g/mol. The number of anilines is 1. The van der Waals surface area contributed by atoms with Crippen molar-refractivity contribution in [3.8, 4) is 0 Å². The van der Waals surface area contributed by atoms with Crippen molar-refractivity contribution in [3.05, 3.63) is 23.2 Å². The minimum Gasteiger partial charge on any atom is -0.381 e. The van der Waals surface area contributed by atoms with Crippen molar-refractivity contribution in [2.75, 3.05) is 44.3 Å². The van der Waals surface area contributed by atoms with Crippen LogP contribution in [-0.4, -0.2) is 55.4 Å². The van der Waals surface area contributed by atoms with Gasteiger partial charge in [0.1, 0.15) is 0 Å². The average Bonchev–Trinajstić information content (AvgIpc) is 3.46. The molecule has 3 aliphatic heterocycles. The van der Waals surface area contributed by atoms with Crippen molar-refractivity contribution in [1.82, 2.24) is 10.1 Å². The summed E-state index contributed by atoms with van der Waals surface area (Å²) in [6.45, 7) is 5.22. The third-order valence-corrected chi connectivity index (χ3v) is 6.96. The van der Waals surface area contributed by atoms with E-state index in [1.165, 1.54) is 0 Å². The second-order valence-corrected chi connectivity index (χ2v) is 8.80. The van der Waals surface area contributed by atoms with E-state index in [9.17, 15) is 4.79 Å². The number of hydrogen-bond acceptors (Lipinski definition) is 5. The van der Waals surface area contributed by atoms with Gasteiger partial charge in [0, 0.05) is 50.3 Å². The van der Waals surface area contributed by atoms with Crippen molar-refractivity contribution in [3.63, 3.8) is 0 Å². The molecule has 0 bridgehead atoms. The number of benzene rings is 1. The molecule has 1 aromatic carbocycles. The van der Waals surface area contributed by atoms with Crippen LogP contribution in [0, 0.1) is 17.8 Å². The lowest BCUT2D eigenvalue weighted by Crippen LogP contribution is -2.42. The Morgan fingerprint density at radius 3 is 2.75 bits per heavy atom. The predicted molar refractivity (Wildman–Crippen MR) is 108 cm³/mol. The van der Waals surface area contributed by atoms with Crippen LogP contribution in [0.25, 0.3) is 11.0 Å². The van der Waals surface area contributed by atoms with Gasteiger partial charge in [-0.1, -0.05) is 16.8 Å². The molecule has 3 aliphatic rings. The van der Waals surface area contributed by atoms with Gasteiger partial charge in [-0.05, 0) is 55.7 Å². The molecule has 4 heterocycles. The highest BCUT2D eigenvalue weighted by atomic mass is 35.5. The molecule has 5 rings (SSSR count). The van der Waals surface area contributed by atoms with E-state index in [0.717, 1.165) is 81.9 Å². The summed E-state index contributed by atoms with van der Waals surface area (Å²) in [5.41, 5.74) is 0.747. The third-order valence-electron chi connectivity index (χ3n) is 6.72. The van der Waals surface area contributed by atoms with Crippen LogP contribution < -0.4 is 4.90 Å². The van der Waals surface area contributed by atoms with Crippen LogP contribution in [0.1, 0.15) is 25.7 Å². The topological polar surface area (TPSA) is 58.8 Å². The first-order valence-corrected chi connectivity index (χ1v) is 10.7. The summed E-state index contributed by atoms with van der Waals surface area (Å²) in [4.78, 5) is 17.4. The van der Waals surface area contributed by atoms with Gasteiger partial charge in [0.2, 0.25) is 5.91 Å². The average molecular weight is 404 g/mol. The number of amides is 1. The molecule has 0 saturated carbocycles. The molecule has 6 nitrogen and oxygen atoms in total. The molecule has 1 aromatic heterocycles. The summed E-state index contributed by atoms with van der Waals surface area (Å²) in [7, 11) is 0. The highest BCUT2D eigenvalue weighted by Crippen LogP contribution is 2.34. The molecule has 2 atom stereocenters. The van der Waals surface area contributed by atoms with Gasteiger partial charge < -0.3 is 19.1 Å². The molecular formula is C21H26ClN3O3. The first-order valence-electron chi connectivity index (χ1n) is 10.4. The molecule has 0 spiro atoms. The second-order valence-electron chi connectivity index (χ2n) is 8.36. The third kappa shape index (κ3) is 3.37. The van der Waals surface area contributed by atoms with Crippen LogP contribution in [0.4, 0.5) is 5.82 Å². The van der Waals surface area contributed by atoms with Crippen LogP contribution in [0.5, 0.6) is 0 Å². The summed E-state index contributed by atoms with van der Waals surface area (Å²) in [5, 5.41) is 5.87. The van der Waals surface area contributed by atoms with E-state index >= 15 is 0 Å². The maximum Gasteiger partial charge on any atom is 0.225 e. The summed E-state index contributed by atoms with van der Waals surface area (Å²) in [6.07, 6.45) is 4.01. The van der Waals surface area contributed by atoms with Gasteiger partial charge >= 0.3 is 0 Å². The second kappa shape index (κ2) is 7.56. The largest absolute Gasteiger partial charge is 0.381 e. The van der Waals surface area contributed by atoms with Gasteiger partial charge in [-0.25, -0.2) is 0 Å². The molecule has 2 aromatic rings. The first-order chi connectivity index (χ1) is 13.7. The zero-order chi connectivity index (χ0) is 19.1. The van der Waals surface area contributed by atoms with Crippen LogP contribution >= 0.6 is 11.6 Å². The van der Waals surface area contributed by atoms with E-state index in [1.54, 1.807) is 0 Å².